The van der Waals surface area contributed by atoms with Gasteiger partial charge in [-0.2, -0.15) is 0 Å². The van der Waals surface area contributed by atoms with E-state index in [9.17, 15) is 9.59 Å². The normalized spacial score (nSPS) is 16.3. The van der Waals surface area contributed by atoms with Crippen molar-refractivity contribution in [2.45, 2.75) is 58.7 Å². The van der Waals surface area contributed by atoms with Gasteiger partial charge in [0.25, 0.3) is 5.91 Å². The van der Waals surface area contributed by atoms with Crippen LogP contribution in [0, 0.1) is 0 Å². The lowest BCUT2D eigenvalue weighted by Crippen LogP contribution is -2.31. The van der Waals surface area contributed by atoms with Crippen LogP contribution in [0.25, 0.3) is 22.2 Å². The summed E-state index contributed by atoms with van der Waals surface area (Å²) in [7, 11) is 0. The van der Waals surface area contributed by atoms with E-state index in [0.29, 0.717) is 23.7 Å². The summed E-state index contributed by atoms with van der Waals surface area (Å²) in [4.78, 5) is 31.4. The highest BCUT2D eigenvalue weighted by atomic mass is 16.6. The third kappa shape index (κ3) is 4.52. The molecule has 1 amide bonds. The molecular formula is C31H33N3O4. The number of ether oxygens (including phenoxy) is 1. The lowest BCUT2D eigenvalue weighted by Gasteiger charge is -2.26. The van der Waals surface area contributed by atoms with Crippen molar-refractivity contribution < 1.29 is 18.7 Å². The van der Waals surface area contributed by atoms with Gasteiger partial charge in [-0.25, -0.2) is 9.36 Å². The van der Waals surface area contributed by atoms with Crippen molar-refractivity contribution in [3.05, 3.63) is 77.6 Å². The Bertz CT molecular complexity index is 1500. The second kappa shape index (κ2) is 9.48. The van der Waals surface area contributed by atoms with Crippen LogP contribution in [-0.4, -0.2) is 40.2 Å². The molecule has 0 bridgehead atoms. The van der Waals surface area contributed by atoms with Gasteiger partial charge in [-0.3, -0.25) is 14.6 Å². The Morgan fingerprint density at radius 3 is 2.50 bits per heavy atom. The first-order chi connectivity index (χ1) is 18.3. The van der Waals surface area contributed by atoms with Gasteiger partial charge >= 0.3 is 6.09 Å². The molecule has 2 aliphatic heterocycles. The number of aromatic nitrogens is 1. The molecule has 2 aromatic carbocycles. The number of likely N-dealkylation sites (tertiary alicyclic amines) is 1. The van der Waals surface area contributed by atoms with Crippen LogP contribution in [0.1, 0.15) is 61.5 Å². The van der Waals surface area contributed by atoms with E-state index >= 15 is 0 Å². The van der Waals surface area contributed by atoms with E-state index in [0.717, 1.165) is 41.7 Å². The Hall–Kier alpha value is -3.84. The first-order valence-corrected chi connectivity index (χ1v) is 13.4. The third-order valence-corrected chi connectivity index (χ3v) is 7.31. The fourth-order valence-corrected chi connectivity index (χ4v) is 5.60. The summed E-state index contributed by atoms with van der Waals surface area (Å²) in [6, 6.07) is 17.5. The molecule has 0 radical (unpaired) electrons. The number of rotatable bonds is 4. The van der Waals surface area contributed by atoms with Gasteiger partial charge in [0.1, 0.15) is 17.2 Å². The third-order valence-electron chi connectivity index (χ3n) is 7.31. The van der Waals surface area contributed by atoms with Crippen LogP contribution in [-0.2, 0) is 17.8 Å². The highest BCUT2D eigenvalue weighted by molar-refractivity contribution is 6.13. The van der Waals surface area contributed by atoms with Crippen molar-refractivity contribution in [3.8, 4) is 11.3 Å². The van der Waals surface area contributed by atoms with Gasteiger partial charge in [-0.1, -0.05) is 24.6 Å². The quantitative estimate of drug-likeness (QED) is 0.300. The van der Waals surface area contributed by atoms with E-state index < -0.39 is 11.7 Å². The Morgan fingerprint density at radius 1 is 0.974 bits per heavy atom. The minimum atomic E-state index is -0.677. The molecule has 2 aliphatic rings. The van der Waals surface area contributed by atoms with Crippen LogP contribution < -0.4 is 4.90 Å². The number of nitrogens with zero attached hydrogens (tertiary/aromatic N) is 3. The highest BCUT2D eigenvalue weighted by Gasteiger charge is 2.35. The molecular weight excluding hydrogens is 478 g/mol. The first kappa shape index (κ1) is 24.5. The molecule has 2 aromatic heterocycles. The predicted octanol–water partition coefficient (Wildman–Crippen LogP) is 6.83. The van der Waals surface area contributed by atoms with Crippen molar-refractivity contribution in [1.82, 2.24) is 9.47 Å². The number of anilines is 1. The van der Waals surface area contributed by atoms with Crippen molar-refractivity contribution >= 4 is 28.7 Å². The summed E-state index contributed by atoms with van der Waals surface area (Å²) in [6.07, 6.45) is 4.90. The van der Waals surface area contributed by atoms with Crippen LogP contribution in [0.15, 0.2) is 65.3 Å². The summed E-state index contributed by atoms with van der Waals surface area (Å²) >= 11 is 0. The second-order valence-electron chi connectivity index (χ2n) is 11.2. The van der Waals surface area contributed by atoms with E-state index in [1.54, 1.807) is 15.7 Å². The van der Waals surface area contributed by atoms with Crippen LogP contribution >= 0.6 is 0 Å². The van der Waals surface area contributed by atoms with E-state index in [2.05, 4.69) is 17.0 Å². The second-order valence-corrected chi connectivity index (χ2v) is 11.2. The average Bonchev–Trinajstić information content (AvgIpc) is 3.61. The topological polar surface area (TPSA) is 67.9 Å². The minimum Gasteiger partial charge on any atom is -0.464 e. The Labute approximate surface area is 222 Å². The maximum Gasteiger partial charge on any atom is 0.420 e. The van der Waals surface area contributed by atoms with E-state index in [1.165, 1.54) is 24.8 Å². The molecule has 6 rings (SSSR count). The number of fused-ring (bicyclic) bond motifs is 2. The Morgan fingerprint density at radius 2 is 1.76 bits per heavy atom. The lowest BCUT2D eigenvalue weighted by molar-refractivity contribution is 0.0547. The van der Waals surface area contributed by atoms with Crippen LogP contribution in [0.4, 0.5) is 10.6 Å². The number of benzene rings is 2. The molecule has 0 N–H and O–H groups in total. The van der Waals surface area contributed by atoms with Gasteiger partial charge < -0.3 is 9.15 Å². The zero-order valence-electron chi connectivity index (χ0n) is 22.2. The summed E-state index contributed by atoms with van der Waals surface area (Å²) < 4.78 is 13.0. The lowest BCUT2D eigenvalue weighted by atomic mass is 10.0. The zero-order valence-corrected chi connectivity index (χ0v) is 22.2. The summed E-state index contributed by atoms with van der Waals surface area (Å²) in [5, 5.41) is 0.912. The molecule has 1 fully saturated rings. The average molecular weight is 512 g/mol. The fraction of sp³-hybridized carbons (Fsp3) is 0.355. The molecule has 0 atom stereocenters. The summed E-state index contributed by atoms with van der Waals surface area (Å²) in [5.74, 6) is 1.08. The van der Waals surface area contributed by atoms with Gasteiger partial charge in [0.15, 0.2) is 0 Å². The van der Waals surface area contributed by atoms with Gasteiger partial charge in [0.2, 0.25) is 0 Å². The standard InChI is InChI=1S/C31H33N3O4/c1-31(2,3)38-30(36)34-26-13-12-21(19-32-14-5-4-6-15-32)17-22(26)18-28(34)33-20-25-23(27-11-8-16-37-27)9-7-10-24(25)29(33)35/h7-13,16-18H,4-6,14-15,19-20H2,1-3H3. The summed E-state index contributed by atoms with van der Waals surface area (Å²) in [6.45, 7) is 8.98. The maximum absolute atomic E-state index is 13.7. The molecule has 0 spiro atoms. The van der Waals surface area contributed by atoms with Crippen molar-refractivity contribution in [2.75, 3.05) is 18.0 Å². The van der Waals surface area contributed by atoms with Crippen molar-refractivity contribution in [1.29, 1.82) is 0 Å². The highest BCUT2D eigenvalue weighted by Crippen LogP contribution is 2.38. The molecule has 7 nitrogen and oxygen atoms in total. The molecule has 7 heteroatoms. The predicted molar refractivity (Wildman–Crippen MR) is 147 cm³/mol. The number of carbonyl (C=O) groups is 2. The fourth-order valence-electron chi connectivity index (χ4n) is 5.60. The number of piperidine rings is 1. The molecule has 38 heavy (non-hydrogen) atoms. The molecule has 4 aromatic rings. The van der Waals surface area contributed by atoms with Crippen LogP contribution in [0.2, 0.25) is 0 Å². The van der Waals surface area contributed by atoms with Gasteiger partial charge in [-0.15, -0.1) is 0 Å². The number of hydrogen-bond donors (Lipinski definition) is 0. The number of hydrogen-bond acceptors (Lipinski definition) is 5. The molecule has 0 aliphatic carbocycles. The Balaban J connectivity index is 1.42. The molecule has 1 saturated heterocycles. The molecule has 4 heterocycles. The number of carbonyl (C=O) groups excluding carboxylic acids is 2. The van der Waals surface area contributed by atoms with Crippen molar-refractivity contribution in [2.24, 2.45) is 0 Å². The number of amides is 1. The van der Waals surface area contributed by atoms with Gasteiger partial charge in [0, 0.05) is 23.1 Å². The van der Waals surface area contributed by atoms with Crippen LogP contribution in [0.5, 0.6) is 0 Å². The minimum absolute atomic E-state index is 0.144. The van der Waals surface area contributed by atoms with Crippen LogP contribution in [0.3, 0.4) is 0 Å². The SMILES string of the molecule is CC(C)(C)OC(=O)n1c(N2Cc3c(cccc3-c3ccco3)C2=O)cc2cc(CN3CCCCC3)ccc21. The molecule has 0 unspecified atom stereocenters. The molecule has 0 saturated carbocycles. The van der Waals surface area contributed by atoms with E-state index in [-0.39, 0.29) is 5.91 Å². The van der Waals surface area contributed by atoms with E-state index in [1.807, 2.05) is 63.2 Å². The van der Waals surface area contributed by atoms with Gasteiger partial charge in [0.05, 0.1) is 18.3 Å². The van der Waals surface area contributed by atoms with Crippen molar-refractivity contribution in [3.63, 3.8) is 0 Å². The largest absolute Gasteiger partial charge is 0.464 e. The molecule has 196 valence electrons. The summed E-state index contributed by atoms with van der Waals surface area (Å²) in [5.41, 5.74) is 3.64. The Kier molecular flexibility index (Phi) is 6.11. The first-order valence-electron chi connectivity index (χ1n) is 13.4. The monoisotopic (exact) mass is 511 g/mol. The maximum atomic E-state index is 13.7. The zero-order chi connectivity index (χ0) is 26.4. The van der Waals surface area contributed by atoms with E-state index in [4.69, 9.17) is 9.15 Å². The number of furan rings is 1. The van der Waals surface area contributed by atoms with Gasteiger partial charge in [-0.05, 0) is 94.2 Å². The smallest absolute Gasteiger partial charge is 0.420 e.